The normalized spacial score (nSPS) is 24.9. The topological polar surface area (TPSA) is 35.2 Å². The van der Waals surface area contributed by atoms with Gasteiger partial charge >= 0.3 is 0 Å². The highest BCUT2D eigenvalue weighted by Gasteiger charge is 2.19. The zero-order valence-electron chi connectivity index (χ0n) is 9.66. The van der Waals surface area contributed by atoms with Crippen molar-refractivity contribution in [2.24, 2.45) is 5.73 Å². The molecule has 2 unspecified atom stereocenters. The van der Waals surface area contributed by atoms with Crippen LogP contribution in [-0.2, 0) is 11.3 Å². The van der Waals surface area contributed by atoms with Crippen molar-refractivity contribution in [3.05, 3.63) is 33.8 Å². The van der Waals surface area contributed by atoms with Crippen molar-refractivity contribution in [3.63, 3.8) is 0 Å². The van der Waals surface area contributed by atoms with Crippen LogP contribution in [0.3, 0.4) is 0 Å². The van der Waals surface area contributed by atoms with Crippen LogP contribution in [0.4, 0.5) is 0 Å². The molecule has 0 saturated heterocycles. The molecule has 2 atom stereocenters. The Bertz CT molecular complexity index is 384. The van der Waals surface area contributed by atoms with Crippen LogP contribution < -0.4 is 5.73 Å². The Morgan fingerprint density at radius 2 is 2.12 bits per heavy atom. The molecule has 1 saturated carbocycles. The van der Waals surface area contributed by atoms with Gasteiger partial charge in [0, 0.05) is 16.1 Å². The molecule has 0 radical (unpaired) electrons. The zero-order valence-corrected chi connectivity index (χ0v) is 11.2. The van der Waals surface area contributed by atoms with E-state index >= 15 is 0 Å². The first kappa shape index (κ1) is 13.2. The first-order chi connectivity index (χ1) is 8.15. The van der Waals surface area contributed by atoms with Gasteiger partial charge in [0.1, 0.15) is 0 Å². The smallest absolute Gasteiger partial charge is 0.0735 e. The minimum absolute atomic E-state index is 0.269. The average Bonchev–Trinajstić information content (AvgIpc) is 2.28. The Morgan fingerprint density at radius 3 is 2.82 bits per heavy atom. The lowest BCUT2D eigenvalue weighted by Crippen LogP contribution is -2.32. The molecule has 0 bridgehead atoms. The number of rotatable bonds is 3. The Balaban J connectivity index is 1.88. The van der Waals surface area contributed by atoms with Gasteiger partial charge in [-0.15, -0.1) is 0 Å². The van der Waals surface area contributed by atoms with Gasteiger partial charge in [0.05, 0.1) is 12.7 Å². The standard InChI is InChI=1S/C13H17Cl2NO/c14-10-5-4-9(13(15)6-10)8-17-12-3-1-2-11(16)7-12/h4-6,11-12H,1-3,7-8,16H2. The van der Waals surface area contributed by atoms with Gasteiger partial charge in [0.15, 0.2) is 0 Å². The van der Waals surface area contributed by atoms with Crippen molar-refractivity contribution in [2.75, 3.05) is 0 Å². The molecule has 17 heavy (non-hydrogen) atoms. The van der Waals surface area contributed by atoms with Gasteiger partial charge in [0.25, 0.3) is 0 Å². The van der Waals surface area contributed by atoms with E-state index in [2.05, 4.69) is 0 Å². The van der Waals surface area contributed by atoms with Crippen LogP contribution in [0.5, 0.6) is 0 Å². The molecule has 1 aliphatic carbocycles. The minimum Gasteiger partial charge on any atom is -0.373 e. The minimum atomic E-state index is 0.269. The van der Waals surface area contributed by atoms with Gasteiger partial charge in [-0.2, -0.15) is 0 Å². The van der Waals surface area contributed by atoms with Crippen LogP contribution in [0, 0.1) is 0 Å². The highest BCUT2D eigenvalue weighted by Crippen LogP contribution is 2.25. The number of nitrogens with two attached hydrogens (primary N) is 1. The Kier molecular flexibility index (Phi) is 4.69. The van der Waals surface area contributed by atoms with Crippen LogP contribution in [0.15, 0.2) is 18.2 Å². The Morgan fingerprint density at radius 1 is 1.29 bits per heavy atom. The van der Waals surface area contributed by atoms with E-state index in [-0.39, 0.29) is 12.1 Å². The van der Waals surface area contributed by atoms with Gasteiger partial charge in [-0.25, -0.2) is 0 Å². The lowest BCUT2D eigenvalue weighted by Gasteiger charge is -2.26. The average molecular weight is 274 g/mol. The molecule has 0 heterocycles. The van der Waals surface area contributed by atoms with E-state index in [4.69, 9.17) is 33.7 Å². The Labute approximate surface area is 112 Å². The summed E-state index contributed by atoms with van der Waals surface area (Å²) < 4.78 is 5.85. The van der Waals surface area contributed by atoms with Gasteiger partial charge < -0.3 is 10.5 Å². The van der Waals surface area contributed by atoms with Crippen molar-refractivity contribution in [2.45, 2.75) is 44.4 Å². The molecule has 0 amide bonds. The maximum Gasteiger partial charge on any atom is 0.0735 e. The second-order valence-electron chi connectivity index (χ2n) is 4.60. The van der Waals surface area contributed by atoms with E-state index < -0.39 is 0 Å². The molecule has 2 rings (SSSR count). The second kappa shape index (κ2) is 6.05. The SMILES string of the molecule is NC1CCCC(OCc2ccc(Cl)cc2Cl)C1. The molecule has 4 heteroatoms. The molecule has 0 aromatic heterocycles. The number of hydrogen-bond donors (Lipinski definition) is 1. The van der Waals surface area contributed by atoms with E-state index in [1.54, 1.807) is 6.07 Å². The van der Waals surface area contributed by atoms with E-state index in [1.807, 2.05) is 12.1 Å². The van der Waals surface area contributed by atoms with Crippen molar-refractivity contribution in [1.82, 2.24) is 0 Å². The third kappa shape index (κ3) is 3.85. The molecule has 1 aromatic rings. The first-order valence-electron chi connectivity index (χ1n) is 5.96. The summed E-state index contributed by atoms with van der Waals surface area (Å²) in [4.78, 5) is 0. The van der Waals surface area contributed by atoms with Crippen LogP contribution in [-0.4, -0.2) is 12.1 Å². The third-order valence-electron chi connectivity index (χ3n) is 3.16. The van der Waals surface area contributed by atoms with Crippen LogP contribution in [0.25, 0.3) is 0 Å². The van der Waals surface area contributed by atoms with Crippen molar-refractivity contribution < 1.29 is 4.74 Å². The fraction of sp³-hybridized carbons (Fsp3) is 0.538. The molecule has 94 valence electrons. The fourth-order valence-corrected chi connectivity index (χ4v) is 2.64. The highest BCUT2D eigenvalue weighted by molar-refractivity contribution is 6.35. The van der Waals surface area contributed by atoms with Crippen LogP contribution >= 0.6 is 23.2 Å². The Hall–Kier alpha value is -0.280. The molecule has 1 aromatic carbocycles. The molecule has 0 spiro atoms. The molecule has 1 aliphatic rings. The quantitative estimate of drug-likeness (QED) is 0.910. The summed E-state index contributed by atoms with van der Waals surface area (Å²) >= 11 is 11.9. The summed E-state index contributed by atoms with van der Waals surface area (Å²) in [6.07, 6.45) is 4.58. The van der Waals surface area contributed by atoms with E-state index in [0.29, 0.717) is 16.7 Å². The molecule has 2 N–H and O–H groups in total. The maximum absolute atomic E-state index is 6.09. The van der Waals surface area contributed by atoms with Crippen molar-refractivity contribution in [1.29, 1.82) is 0 Å². The first-order valence-corrected chi connectivity index (χ1v) is 6.72. The van der Waals surface area contributed by atoms with Crippen molar-refractivity contribution in [3.8, 4) is 0 Å². The predicted molar refractivity (Wildman–Crippen MR) is 71.5 cm³/mol. The number of hydrogen-bond acceptors (Lipinski definition) is 2. The van der Waals surface area contributed by atoms with E-state index in [9.17, 15) is 0 Å². The number of benzene rings is 1. The lowest BCUT2D eigenvalue weighted by atomic mass is 9.93. The van der Waals surface area contributed by atoms with Crippen LogP contribution in [0.2, 0.25) is 10.0 Å². The number of ether oxygens (including phenoxy) is 1. The second-order valence-corrected chi connectivity index (χ2v) is 5.44. The predicted octanol–water partition coefficient (Wildman–Crippen LogP) is 3.78. The summed E-state index contributed by atoms with van der Waals surface area (Å²) in [6.45, 7) is 0.535. The summed E-state index contributed by atoms with van der Waals surface area (Å²) in [7, 11) is 0. The van der Waals surface area contributed by atoms with E-state index in [0.717, 1.165) is 31.2 Å². The monoisotopic (exact) mass is 273 g/mol. The molecule has 0 aliphatic heterocycles. The number of halogens is 2. The van der Waals surface area contributed by atoms with Gasteiger partial charge in [-0.3, -0.25) is 0 Å². The molecular formula is C13H17Cl2NO. The summed E-state index contributed by atoms with van der Waals surface area (Å²) in [5.74, 6) is 0. The molecular weight excluding hydrogens is 257 g/mol. The zero-order chi connectivity index (χ0) is 12.3. The maximum atomic E-state index is 6.09. The lowest BCUT2D eigenvalue weighted by molar-refractivity contribution is 0.0123. The summed E-state index contributed by atoms with van der Waals surface area (Å²) in [6, 6.07) is 5.77. The van der Waals surface area contributed by atoms with Crippen molar-refractivity contribution >= 4 is 23.2 Å². The third-order valence-corrected chi connectivity index (χ3v) is 3.74. The molecule has 2 nitrogen and oxygen atoms in total. The highest BCUT2D eigenvalue weighted by atomic mass is 35.5. The van der Waals surface area contributed by atoms with Gasteiger partial charge in [-0.05, 0) is 43.4 Å². The van der Waals surface area contributed by atoms with Crippen LogP contribution in [0.1, 0.15) is 31.2 Å². The fourth-order valence-electron chi connectivity index (χ4n) is 2.18. The summed E-state index contributed by atoms with van der Waals surface area (Å²) in [5, 5.41) is 1.32. The van der Waals surface area contributed by atoms with E-state index in [1.165, 1.54) is 0 Å². The molecule has 1 fully saturated rings. The largest absolute Gasteiger partial charge is 0.373 e. The summed E-state index contributed by atoms with van der Waals surface area (Å²) in [5.41, 5.74) is 6.90. The van der Waals surface area contributed by atoms with Gasteiger partial charge in [-0.1, -0.05) is 29.3 Å². The van der Waals surface area contributed by atoms with Gasteiger partial charge in [0.2, 0.25) is 0 Å².